The zero-order valence-electron chi connectivity index (χ0n) is 13.5. The molecule has 6 nitrogen and oxygen atoms in total. The Bertz CT molecular complexity index is 915. The predicted molar refractivity (Wildman–Crippen MR) is 98.4 cm³/mol. The summed E-state index contributed by atoms with van der Waals surface area (Å²) < 4.78 is 10.6. The number of nitrogens with zero attached hydrogens (tertiary/aromatic N) is 2. The van der Waals surface area contributed by atoms with Crippen molar-refractivity contribution in [3.05, 3.63) is 68.9 Å². The molecule has 1 amide bonds. The molecular formula is C18H14N2O4S2. The molecule has 4 heterocycles. The first kappa shape index (κ1) is 16.7. The molecule has 4 rings (SSSR count). The highest BCUT2D eigenvalue weighted by molar-refractivity contribution is 7.12. The van der Waals surface area contributed by atoms with Gasteiger partial charge < -0.3 is 9.15 Å². The molecule has 0 saturated heterocycles. The van der Waals surface area contributed by atoms with Crippen LogP contribution in [0.5, 0.6) is 0 Å². The van der Waals surface area contributed by atoms with E-state index < -0.39 is 5.97 Å². The zero-order valence-corrected chi connectivity index (χ0v) is 15.2. The summed E-state index contributed by atoms with van der Waals surface area (Å²) in [4.78, 5) is 26.1. The summed E-state index contributed by atoms with van der Waals surface area (Å²) in [5.41, 5.74) is 0.819. The second kappa shape index (κ2) is 7.27. The number of amides is 1. The SMILES string of the molecule is O=C(OCC(=O)N1N=C(c2cccs2)CC1c1ccco1)c1cccs1. The van der Waals surface area contributed by atoms with E-state index in [-0.39, 0.29) is 18.6 Å². The highest BCUT2D eigenvalue weighted by Crippen LogP contribution is 2.34. The maximum absolute atomic E-state index is 12.6. The van der Waals surface area contributed by atoms with Gasteiger partial charge in [-0.3, -0.25) is 4.79 Å². The van der Waals surface area contributed by atoms with Crippen molar-refractivity contribution >= 4 is 40.3 Å². The van der Waals surface area contributed by atoms with E-state index in [0.717, 1.165) is 10.6 Å². The van der Waals surface area contributed by atoms with Gasteiger partial charge in [-0.1, -0.05) is 12.1 Å². The summed E-state index contributed by atoms with van der Waals surface area (Å²) in [6.07, 6.45) is 2.12. The molecule has 0 fully saturated rings. The number of furan rings is 1. The zero-order chi connectivity index (χ0) is 17.9. The number of hydrogen-bond acceptors (Lipinski definition) is 7. The van der Waals surface area contributed by atoms with Gasteiger partial charge in [-0.15, -0.1) is 22.7 Å². The molecule has 8 heteroatoms. The lowest BCUT2D eigenvalue weighted by Gasteiger charge is -2.19. The van der Waals surface area contributed by atoms with Crippen LogP contribution in [-0.4, -0.2) is 29.2 Å². The van der Waals surface area contributed by atoms with Gasteiger partial charge in [-0.25, -0.2) is 9.80 Å². The molecule has 1 aliphatic rings. The number of thiophene rings is 2. The summed E-state index contributed by atoms with van der Waals surface area (Å²) >= 11 is 2.84. The number of esters is 1. The molecule has 1 unspecified atom stereocenters. The Kier molecular flexibility index (Phi) is 4.68. The first-order chi connectivity index (χ1) is 12.7. The summed E-state index contributed by atoms with van der Waals surface area (Å²) in [6.45, 7) is -0.366. The van der Waals surface area contributed by atoms with Crippen LogP contribution < -0.4 is 0 Å². The molecule has 1 atom stereocenters. The average molecular weight is 386 g/mol. The minimum absolute atomic E-state index is 0.338. The second-order valence-electron chi connectivity index (χ2n) is 5.55. The van der Waals surface area contributed by atoms with Crippen molar-refractivity contribution in [1.82, 2.24) is 5.01 Å². The fourth-order valence-corrected chi connectivity index (χ4v) is 4.03. The molecule has 0 radical (unpaired) electrons. The summed E-state index contributed by atoms with van der Waals surface area (Å²) in [5.74, 6) is -0.245. The Morgan fingerprint density at radius 1 is 1.19 bits per heavy atom. The number of rotatable bonds is 5. The number of carbonyl (C=O) groups excluding carboxylic acids is 2. The maximum atomic E-state index is 12.6. The van der Waals surface area contributed by atoms with Gasteiger partial charge in [-0.2, -0.15) is 5.10 Å². The highest BCUT2D eigenvalue weighted by atomic mass is 32.1. The monoisotopic (exact) mass is 386 g/mol. The second-order valence-corrected chi connectivity index (χ2v) is 7.45. The van der Waals surface area contributed by atoms with Gasteiger partial charge in [-0.05, 0) is 35.0 Å². The van der Waals surface area contributed by atoms with E-state index in [1.807, 2.05) is 23.6 Å². The van der Waals surface area contributed by atoms with Crippen LogP contribution in [0, 0.1) is 0 Å². The summed E-state index contributed by atoms with van der Waals surface area (Å²) in [6, 6.07) is 10.6. The van der Waals surface area contributed by atoms with Crippen molar-refractivity contribution in [3.63, 3.8) is 0 Å². The fraction of sp³-hybridized carbons (Fsp3) is 0.167. The molecule has 3 aromatic heterocycles. The van der Waals surface area contributed by atoms with Crippen molar-refractivity contribution in [1.29, 1.82) is 0 Å². The number of ether oxygens (including phenoxy) is 1. The van der Waals surface area contributed by atoms with Gasteiger partial charge in [0.25, 0.3) is 5.91 Å². The molecule has 132 valence electrons. The Hall–Kier alpha value is -2.71. The Morgan fingerprint density at radius 3 is 2.73 bits per heavy atom. The van der Waals surface area contributed by atoms with E-state index in [2.05, 4.69) is 5.10 Å². The first-order valence-electron chi connectivity index (χ1n) is 7.90. The quantitative estimate of drug-likeness (QED) is 0.623. The van der Waals surface area contributed by atoms with Crippen LogP contribution in [0.25, 0.3) is 0 Å². The van der Waals surface area contributed by atoms with Crippen LogP contribution >= 0.6 is 22.7 Å². The van der Waals surface area contributed by atoms with Crippen molar-refractivity contribution < 1.29 is 18.7 Å². The van der Waals surface area contributed by atoms with E-state index in [9.17, 15) is 9.59 Å². The van der Waals surface area contributed by atoms with E-state index >= 15 is 0 Å². The number of hydrazone groups is 1. The van der Waals surface area contributed by atoms with E-state index in [1.165, 1.54) is 16.3 Å². The average Bonchev–Trinajstić information content (AvgIpc) is 3.42. The van der Waals surface area contributed by atoms with Crippen LogP contribution in [0.15, 0.2) is 62.9 Å². The van der Waals surface area contributed by atoms with E-state index in [1.54, 1.807) is 41.2 Å². The fourth-order valence-electron chi connectivity index (χ4n) is 2.69. The van der Waals surface area contributed by atoms with Gasteiger partial charge in [0.15, 0.2) is 6.61 Å². The smallest absolute Gasteiger partial charge is 0.348 e. The van der Waals surface area contributed by atoms with Crippen LogP contribution in [0.1, 0.15) is 32.8 Å². The molecule has 1 aliphatic heterocycles. The van der Waals surface area contributed by atoms with Crippen LogP contribution in [0.2, 0.25) is 0 Å². The third kappa shape index (κ3) is 3.33. The van der Waals surface area contributed by atoms with E-state index in [4.69, 9.17) is 9.15 Å². The van der Waals surface area contributed by atoms with Gasteiger partial charge in [0, 0.05) is 6.42 Å². The van der Waals surface area contributed by atoms with Gasteiger partial charge in [0.1, 0.15) is 16.7 Å². The normalized spacial score (nSPS) is 16.5. The van der Waals surface area contributed by atoms with Crippen LogP contribution in [0.3, 0.4) is 0 Å². The third-order valence-electron chi connectivity index (χ3n) is 3.89. The molecule has 0 N–H and O–H groups in total. The summed E-state index contributed by atoms with van der Waals surface area (Å²) in [5, 5.41) is 9.57. The standard InChI is InChI=1S/C18H14N2O4S2/c21-17(11-24-18(22)16-6-3-9-26-16)20-13(14-4-1-7-23-14)10-12(19-20)15-5-2-8-25-15/h1-9,13H,10-11H2. The lowest BCUT2D eigenvalue weighted by molar-refractivity contribution is -0.136. The molecule has 0 aromatic carbocycles. The molecule has 0 saturated carbocycles. The predicted octanol–water partition coefficient (Wildman–Crippen LogP) is 3.94. The molecule has 3 aromatic rings. The Labute approximate surface area is 157 Å². The molecule has 26 heavy (non-hydrogen) atoms. The van der Waals surface area contributed by atoms with Gasteiger partial charge >= 0.3 is 5.97 Å². The topological polar surface area (TPSA) is 72.1 Å². The molecule has 0 aliphatic carbocycles. The van der Waals surface area contributed by atoms with Crippen molar-refractivity contribution in [2.75, 3.05) is 6.61 Å². The van der Waals surface area contributed by atoms with E-state index in [0.29, 0.717) is 17.1 Å². The van der Waals surface area contributed by atoms with Gasteiger partial charge in [0.2, 0.25) is 0 Å². The van der Waals surface area contributed by atoms with Crippen molar-refractivity contribution in [2.45, 2.75) is 12.5 Å². The maximum Gasteiger partial charge on any atom is 0.348 e. The lowest BCUT2D eigenvalue weighted by atomic mass is 10.1. The molecule has 0 spiro atoms. The minimum Gasteiger partial charge on any atom is -0.467 e. The summed E-state index contributed by atoms with van der Waals surface area (Å²) in [7, 11) is 0. The minimum atomic E-state index is -0.510. The van der Waals surface area contributed by atoms with Crippen molar-refractivity contribution in [3.8, 4) is 0 Å². The lowest BCUT2D eigenvalue weighted by Crippen LogP contribution is -2.31. The number of hydrogen-bond donors (Lipinski definition) is 0. The third-order valence-corrected chi connectivity index (χ3v) is 5.66. The van der Waals surface area contributed by atoms with Crippen LogP contribution in [0.4, 0.5) is 0 Å². The van der Waals surface area contributed by atoms with Gasteiger partial charge in [0.05, 0.1) is 16.9 Å². The number of carbonyl (C=O) groups is 2. The molecule has 0 bridgehead atoms. The van der Waals surface area contributed by atoms with Crippen molar-refractivity contribution in [2.24, 2.45) is 5.10 Å². The Morgan fingerprint density at radius 2 is 2.04 bits per heavy atom. The molecular weight excluding hydrogens is 372 g/mol. The Balaban J connectivity index is 1.50. The first-order valence-corrected chi connectivity index (χ1v) is 9.66. The highest BCUT2D eigenvalue weighted by Gasteiger charge is 2.35. The largest absolute Gasteiger partial charge is 0.467 e. The van der Waals surface area contributed by atoms with Crippen LogP contribution in [-0.2, 0) is 9.53 Å².